The van der Waals surface area contributed by atoms with Crippen LogP contribution in [0.1, 0.15) is 5.56 Å². The number of fused-ring (bicyclic) bond motifs is 1. The van der Waals surface area contributed by atoms with Gasteiger partial charge in [0.05, 0.1) is 18.2 Å². The van der Waals surface area contributed by atoms with Gasteiger partial charge in [0.1, 0.15) is 0 Å². The Labute approximate surface area is 149 Å². The summed E-state index contributed by atoms with van der Waals surface area (Å²) < 4.78 is 65.6. The molecule has 0 spiro atoms. The molecule has 0 saturated carbocycles. The van der Waals surface area contributed by atoms with Crippen LogP contribution in [0.2, 0.25) is 0 Å². The zero-order valence-electron chi connectivity index (χ0n) is 14.0. The van der Waals surface area contributed by atoms with Crippen molar-refractivity contribution in [1.82, 2.24) is 13.9 Å². The molecule has 1 atom stereocenters. The molecular weight excluding hydrogens is 373 g/mol. The first-order valence-corrected chi connectivity index (χ1v) is 9.46. The standard InChI is InChI=1S/C15H19F3N4O3S/c1-19-26(24,25)21-6-7-22-13(9-21)8-20(10-14(22)23)12-4-2-11(3-5-12)15(16,17)18/h2-5,13,19H,6-10H2,1H3. The maximum Gasteiger partial charge on any atom is 0.416 e. The lowest BCUT2D eigenvalue weighted by Crippen LogP contribution is -2.65. The smallest absolute Gasteiger partial charge is 0.360 e. The monoisotopic (exact) mass is 392 g/mol. The van der Waals surface area contributed by atoms with Crippen LogP contribution in [-0.2, 0) is 21.2 Å². The number of nitrogens with zero attached hydrogens (tertiary/aromatic N) is 3. The molecule has 11 heteroatoms. The van der Waals surface area contributed by atoms with Crippen molar-refractivity contribution in [2.45, 2.75) is 12.2 Å². The first-order valence-electron chi connectivity index (χ1n) is 8.02. The summed E-state index contributed by atoms with van der Waals surface area (Å²) in [7, 11) is -2.27. The van der Waals surface area contributed by atoms with Gasteiger partial charge in [0.25, 0.3) is 10.2 Å². The molecule has 2 aliphatic heterocycles. The Morgan fingerprint density at radius 1 is 1.12 bits per heavy atom. The Bertz CT molecular complexity index is 782. The van der Waals surface area contributed by atoms with Gasteiger partial charge in [-0.15, -0.1) is 0 Å². The number of benzene rings is 1. The molecule has 1 unspecified atom stereocenters. The van der Waals surface area contributed by atoms with Crippen LogP contribution in [0.4, 0.5) is 18.9 Å². The fourth-order valence-electron chi connectivity index (χ4n) is 3.29. The Morgan fingerprint density at radius 2 is 1.77 bits per heavy atom. The molecule has 1 N–H and O–H groups in total. The highest BCUT2D eigenvalue weighted by Crippen LogP contribution is 2.31. The molecule has 0 aliphatic carbocycles. The highest BCUT2D eigenvalue weighted by molar-refractivity contribution is 7.87. The van der Waals surface area contributed by atoms with E-state index in [4.69, 9.17) is 0 Å². The number of amides is 1. The van der Waals surface area contributed by atoms with E-state index in [2.05, 4.69) is 4.72 Å². The minimum atomic E-state index is -4.42. The molecule has 26 heavy (non-hydrogen) atoms. The van der Waals surface area contributed by atoms with Gasteiger partial charge in [-0.2, -0.15) is 25.9 Å². The summed E-state index contributed by atoms with van der Waals surface area (Å²) in [6, 6.07) is 4.26. The summed E-state index contributed by atoms with van der Waals surface area (Å²) in [4.78, 5) is 15.7. The average molecular weight is 392 g/mol. The first kappa shape index (κ1) is 18.9. The number of anilines is 1. The third kappa shape index (κ3) is 3.64. The normalized spacial score (nSPS) is 22.5. The van der Waals surface area contributed by atoms with Gasteiger partial charge < -0.3 is 9.80 Å². The van der Waals surface area contributed by atoms with Gasteiger partial charge in [-0.3, -0.25) is 4.79 Å². The van der Waals surface area contributed by atoms with Crippen LogP contribution < -0.4 is 9.62 Å². The molecule has 0 bridgehead atoms. The number of hydrogen-bond acceptors (Lipinski definition) is 4. The van der Waals surface area contributed by atoms with Crippen molar-refractivity contribution >= 4 is 21.8 Å². The molecule has 2 heterocycles. The summed E-state index contributed by atoms with van der Waals surface area (Å²) in [6.07, 6.45) is -4.42. The second-order valence-electron chi connectivity index (χ2n) is 6.23. The molecule has 1 amide bonds. The number of halogens is 3. The van der Waals surface area contributed by atoms with Gasteiger partial charge in [-0.25, -0.2) is 4.72 Å². The summed E-state index contributed by atoms with van der Waals surface area (Å²) in [6.45, 7) is 1.07. The molecule has 1 aromatic rings. The second-order valence-corrected chi connectivity index (χ2v) is 8.11. The number of nitrogens with one attached hydrogen (secondary N) is 1. The highest BCUT2D eigenvalue weighted by Gasteiger charge is 2.39. The van der Waals surface area contributed by atoms with Crippen LogP contribution in [0.3, 0.4) is 0 Å². The van der Waals surface area contributed by atoms with Gasteiger partial charge in [-0.1, -0.05) is 0 Å². The Morgan fingerprint density at radius 3 is 2.35 bits per heavy atom. The SMILES string of the molecule is CNS(=O)(=O)N1CCN2C(=O)CN(c3ccc(C(F)(F)F)cc3)CC2C1. The summed E-state index contributed by atoms with van der Waals surface area (Å²) >= 11 is 0. The third-order valence-corrected chi connectivity index (χ3v) is 6.21. The fourth-order valence-corrected chi connectivity index (χ4v) is 4.24. The summed E-state index contributed by atoms with van der Waals surface area (Å²) in [5, 5.41) is 0. The van der Waals surface area contributed by atoms with Gasteiger partial charge in [0.15, 0.2) is 0 Å². The maximum atomic E-state index is 12.7. The van der Waals surface area contributed by atoms with E-state index in [1.165, 1.54) is 23.5 Å². The second kappa shape index (κ2) is 6.71. The van der Waals surface area contributed by atoms with Crippen LogP contribution in [0, 0.1) is 0 Å². The van der Waals surface area contributed by atoms with Gasteiger partial charge in [-0.05, 0) is 24.3 Å². The summed E-state index contributed by atoms with van der Waals surface area (Å²) in [5.41, 5.74) is -0.255. The van der Waals surface area contributed by atoms with E-state index in [0.29, 0.717) is 18.8 Å². The van der Waals surface area contributed by atoms with Crippen molar-refractivity contribution in [3.63, 3.8) is 0 Å². The van der Waals surface area contributed by atoms with Crippen molar-refractivity contribution in [3.05, 3.63) is 29.8 Å². The number of alkyl halides is 3. The van der Waals surface area contributed by atoms with Crippen molar-refractivity contribution in [3.8, 4) is 0 Å². The van der Waals surface area contributed by atoms with Crippen molar-refractivity contribution < 1.29 is 26.4 Å². The molecular formula is C15H19F3N4O3S. The number of carbonyl (C=O) groups excluding carboxylic acids is 1. The Kier molecular flexibility index (Phi) is 4.88. The van der Waals surface area contributed by atoms with E-state index in [0.717, 1.165) is 12.1 Å². The number of hydrogen-bond donors (Lipinski definition) is 1. The fraction of sp³-hybridized carbons (Fsp3) is 0.533. The van der Waals surface area contributed by atoms with Crippen LogP contribution in [-0.4, -0.2) is 69.3 Å². The molecule has 0 aromatic heterocycles. The molecule has 7 nitrogen and oxygen atoms in total. The lowest BCUT2D eigenvalue weighted by molar-refractivity contribution is -0.138. The van der Waals surface area contributed by atoms with E-state index in [9.17, 15) is 26.4 Å². The average Bonchev–Trinajstić information content (AvgIpc) is 2.60. The Hall–Kier alpha value is -1.85. The molecule has 2 saturated heterocycles. The van der Waals surface area contributed by atoms with Crippen molar-refractivity contribution in [1.29, 1.82) is 0 Å². The summed E-state index contributed by atoms with van der Waals surface area (Å²) in [5.74, 6) is -0.164. The maximum absolute atomic E-state index is 12.7. The van der Waals surface area contributed by atoms with E-state index in [1.807, 2.05) is 0 Å². The Balaban J connectivity index is 1.77. The number of carbonyl (C=O) groups is 1. The lowest BCUT2D eigenvalue weighted by atomic mass is 10.1. The molecule has 2 fully saturated rings. The first-order chi connectivity index (χ1) is 12.1. The van der Waals surface area contributed by atoms with Crippen LogP contribution in [0.15, 0.2) is 24.3 Å². The molecule has 144 valence electrons. The van der Waals surface area contributed by atoms with Gasteiger partial charge in [0, 0.05) is 38.9 Å². The van der Waals surface area contributed by atoms with E-state index < -0.39 is 21.9 Å². The topological polar surface area (TPSA) is 73.0 Å². The van der Waals surface area contributed by atoms with Crippen LogP contribution in [0.25, 0.3) is 0 Å². The molecule has 2 aliphatic rings. The predicted molar refractivity (Wildman–Crippen MR) is 88.7 cm³/mol. The molecule has 3 rings (SSSR count). The lowest BCUT2D eigenvalue weighted by Gasteiger charge is -2.47. The third-order valence-electron chi connectivity index (χ3n) is 4.68. The van der Waals surface area contributed by atoms with E-state index in [-0.39, 0.29) is 31.6 Å². The molecule has 1 aromatic carbocycles. The van der Waals surface area contributed by atoms with Gasteiger partial charge >= 0.3 is 6.18 Å². The highest BCUT2D eigenvalue weighted by atomic mass is 32.2. The minimum absolute atomic E-state index is 0.0562. The van der Waals surface area contributed by atoms with Crippen LogP contribution in [0.5, 0.6) is 0 Å². The van der Waals surface area contributed by atoms with E-state index >= 15 is 0 Å². The number of piperazine rings is 2. The molecule has 0 radical (unpaired) electrons. The number of rotatable bonds is 3. The van der Waals surface area contributed by atoms with E-state index in [1.54, 1.807) is 9.80 Å². The quantitative estimate of drug-likeness (QED) is 0.813. The minimum Gasteiger partial charge on any atom is -0.360 e. The zero-order valence-corrected chi connectivity index (χ0v) is 14.8. The zero-order chi connectivity index (χ0) is 19.1. The van der Waals surface area contributed by atoms with Crippen molar-refractivity contribution in [2.75, 3.05) is 44.7 Å². The van der Waals surface area contributed by atoms with Crippen LogP contribution >= 0.6 is 0 Å². The predicted octanol–water partition coefficient (Wildman–Crippen LogP) is 0.502. The largest absolute Gasteiger partial charge is 0.416 e. The van der Waals surface area contributed by atoms with Gasteiger partial charge in [0.2, 0.25) is 5.91 Å². The van der Waals surface area contributed by atoms with Crippen molar-refractivity contribution in [2.24, 2.45) is 0 Å².